The van der Waals surface area contributed by atoms with E-state index in [1.54, 1.807) is 0 Å². The molecule has 1 rings (SSSR count). The molecule has 0 aromatic carbocycles. The van der Waals surface area contributed by atoms with Crippen LogP contribution < -0.4 is 0 Å². The van der Waals surface area contributed by atoms with Crippen molar-refractivity contribution in [2.75, 3.05) is 31.5 Å². The highest BCUT2D eigenvalue weighted by Crippen LogP contribution is 2.34. The summed E-state index contributed by atoms with van der Waals surface area (Å²) in [7, 11) is 0.194. The van der Waals surface area contributed by atoms with Crippen molar-refractivity contribution in [1.29, 1.82) is 0 Å². The molecule has 3 heteroatoms. The Hall–Kier alpha value is 0.740. The summed E-state index contributed by atoms with van der Waals surface area (Å²) >= 11 is 2.07. The zero-order chi connectivity index (χ0) is 6.69. The average Bonchev–Trinajstić information content (AvgIpc) is 1.90. The molecule has 0 atom stereocenters. The van der Waals surface area contributed by atoms with Crippen molar-refractivity contribution in [3.63, 3.8) is 0 Å². The quantitative estimate of drug-likeness (QED) is 0.544. The molecule has 0 amide bonds. The fourth-order valence-electron chi connectivity index (χ4n) is 0.899. The van der Waals surface area contributed by atoms with Crippen LogP contribution >= 0.6 is 19.8 Å². The summed E-state index contributed by atoms with van der Waals surface area (Å²) in [6.45, 7) is 6.01. The highest BCUT2D eigenvalue weighted by molar-refractivity contribution is 7.99. The summed E-state index contributed by atoms with van der Waals surface area (Å²) in [4.78, 5) is 0. The van der Waals surface area contributed by atoms with Crippen LogP contribution in [0.25, 0.3) is 0 Å². The smallest absolute Gasteiger partial charge is 0.0480 e. The van der Waals surface area contributed by atoms with Gasteiger partial charge in [-0.15, -0.1) is 11.8 Å². The van der Waals surface area contributed by atoms with Crippen LogP contribution in [-0.4, -0.2) is 36.2 Å². The van der Waals surface area contributed by atoms with Crippen LogP contribution in [0.2, 0.25) is 0 Å². The Bertz CT molecular complexity index is 81.1. The van der Waals surface area contributed by atoms with E-state index in [0.717, 1.165) is 0 Å². The molecule has 1 saturated heterocycles. The molecule has 54 valence electrons. The normalized spacial score (nSPS) is 23.0. The highest BCUT2D eigenvalue weighted by Gasteiger charge is 2.11. The Kier molecular flexibility index (Phi) is 3.31. The van der Waals surface area contributed by atoms with Crippen molar-refractivity contribution in [3.05, 3.63) is 0 Å². The van der Waals surface area contributed by atoms with E-state index in [1.165, 1.54) is 24.6 Å². The van der Waals surface area contributed by atoms with Gasteiger partial charge in [-0.25, -0.2) is 0 Å². The van der Waals surface area contributed by atoms with E-state index in [9.17, 15) is 0 Å². The molecule has 1 heterocycles. The van der Waals surface area contributed by atoms with Crippen molar-refractivity contribution in [2.45, 2.75) is 6.42 Å². The number of hydrogen-bond donors (Lipinski definition) is 0. The van der Waals surface area contributed by atoms with Crippen LogP contribution in [0.3, 0.4) is 0 Å². The molecule has 0 aromatic heterocycles. The Morgan fingerprint density at radius 3 is 2.56 bits per heavy atom. The minimum atomic E-state index is 0.194. The molecule has 1 aliphatic heterocycles. The number of rotatable bonds is 1. The fourth-order valence-corrected chi connectivity index (χ4v) is 3.41. The molecule has 0 saturated carbocycles. The molecule has 0 aliphatic carbocycles. The first kappa shape index (κ1) is 7.84. The first-order valence-corrected chi connectivity index (χ1v) is 6.65. The summed E-state index contributed by atoms with van der Waals surface area (Å²) in [6.07, 6.45) is 1.39. The van der Waals surface area contributed by atoms with Crippen LogP contribution in [0, 0.1) is 0 Å². The summed E-state index contributed by atoms with van der Waals surface area (Å²) in [5, 5.41) is 0. The maximum absolute atomic E-state index is 2.59. The van der Waals surface area contributed by atoms with Gasteiger partial charge < -0.3 is 0 Å². The largest absolute Gasteiger partial charge is 0.273 e. The summed E-state index contributed by atoms with van der Waals surface area (Å²) in [6, 6.07) is 0. The van der Waals surface area contributed by atoms with Crippen LogP contribution in [0.5, 0.6) is 0 Å². The first-order valence-electron chi connectivity index (χ1n) is 3.30. The molecule has 0 radical (unpaired) electrons. The fraction of sp³-hybridized carbons (Fsp3) is 1.00. The second-order valence-corrected chi connectivity index (χ2v) is 5.80. The van der Waals surface area contributed by atoms with Gasteiger partial charge in [0.25, 0.3) is 0 Å². The van der Waals surface area contributed by atoms with E-state index in [1.807, 2.05) is 0 Å². The van der Waals surface area contributed by atoms with E-state index in [2.05, 4.69) is 29.8 Å². The monoisotopic (exact) mass is 163 g/mol. The molecule has 1 aliphatic rings. The van der Waals surface area contributed by atoms with Gasteiger partial charge in [-0.1, -0.05) is 0 Å². The Labute approximate surface area is 63.0 Å². The van der Waals surface area contributed by atoms with Gasteiger partial charge in [0.2, 0.25) is 0 Å². The second kappa shape index (κ2) is 3.80. The molecule has 0 aromatic rings. The third-order valence-corrected chi connectivity index (χ3v) is 4.25. The average molecular weight is 163 g/mol. The van der Waals surface area contributed by atoms with E-state index >= 15 is 0 Å². The van der Waals surface area contributed by atoms with Crippen LogP contribution in [0.4, 0.5) is 0 Å². The lowest BCUT2D eigenvalue weighted by Gasteiger charge is -2.29. The molecule has 9 heavy (non-hydrogen) atoms. The van der Waals surface area contributed by atoms with Crippen molar-refractivity contribution >= 4 is 19.8 Å². The van der Waals surface area contributed by atoms with E-state index in [0.29, 0.717) is 0 Å². The van der Waals surface area contributed by atoms with Crippen LogP contribution in [-0.2, 0) is 0 Å². The minimum absolute atomic E-state index is 0.194. The summed E-state index contributed by atoms with van der Waals surface area (Å²) in [5.41, 5.74) is 0. The topological polar surface area (TPSA) is 3.24 Å². The third kappa shape index (κ3) is 2.45. The zero-order valence-corrected chi connectivity index (χ0v) is 7.84. The maximum Gasteiger partial charge on any atom is 0.0480 e. The van der Waals surface area contributed by atoms with Gasteiger partial charge in [0.15, 0.2) is 0 Å². The first-order chi connectivity index (χ1) is 4.30. The molecule has 0 spiro atoms. The van der Waals surface area contributed by atoms with Crippen molar-refractivity contribution < 1.29 is 0 Å². The molecule has 0 unspecified atom stereocenters. The number of nitrogens with zero attached hydrogens (tertiary/aromatic N) is 1. The maximum atomic E-state index is 2.59. The lowest BCUT2D eigenvalue weighted by atomic mass is 10.5. The number of thioether (sulfide) groups is 1. The van der Waals surface area contributed by atoms with Gasteiger partial charge in [0.1, 0.15) is 0 Å². The number of hydrogen-bond acceptors (Lipinski definition) is 2. The van der Waals surface area contributed by atoms with Crippen LogP contribution in [0.1, 0.15) is 6.42 Å². The summed E-state index contributed by atoms with van der Waals surface area (Å²) in [5.74, 6) is 2.65. The van der Waals surface area contributed by atoms with Gasteiger partial charge in [-0.2, -0.15) is 0 Å². The Morgan fingerprint density at radius 1 is 1.44 bits per heavy atom. The lowest BCUT2D eigenvalue weighted by Crippen LogP contribution is -2.22. The highest BCUT2D eigenvalue weighted by atomic mass is 32.2. The minimum Gasteiger partial charge on any atom is -0.273 e. The third-order valence-electron chi connectivity index (χ3n) is 1.51. The summed E-state index contributed by atoms with van der Waals surface area (Å²) < 4.78 is 2.59. The van der Waals surface area contributed by atoms with Crippen molar-refractivity contribution in [1.82, 2.24) is 4.67 Å². The lowest BCUT2D eigenvalue weighted by molar-refractivity contribution is 0.516. The van der Waals surface area contributed by atoms with Crippen molar-refractivity contribution in [2.24, 2.45) is 0 Å². The van der Waals surface area contributed by atoms with Gasteiger partial charge in [-0.05, 0) is 33.6 Å². The van der Waals surface area contributed by atoms with Gasteiger partial charge in [-0.3, -0.25) is 4.67 Å². The van der Waals surface area contributed by atoms with E-state index < -0.39 is 0 Å². The molecular formula is C6H14NPS. The second-order valence-electron chi connectivity index (χ2n) is 2.47. The van der Waals surface area contributed by atoms with Crippen molar-refractivity contribution in [3.8, 4) is 0 Å². The standard InChI is InChI=1S/C6H14NPS/c1-8(2)7-4-3-5-9-6-7/h3-6H2,1-2H3. The van der Waals surface area contributed by atoms with E-state index in [-0.39, 0.29) is 8.07 Å². The SMILES string of the molecule is CP(C)N1CCCSC1. The van der Waals surface area contributed by atoms with E-state index in [4.69, 9.17) is 0 Å². The van der Waals surface area contributed by atoms with Gasteiger partial charge in [0.05, 0.1) is 0 Å². The van der Waals surface area contributed by atoms with Crippen LogP contribution in [0.15, 0.2) is 0 Å². The molecule has 1 nitrogen and oxygen atoms in total. The molecule has 0 bridgehead atoms. The molecule has 0 N–H and O–H groups in total. The van der Waals surface area contributed by atoms with Gasteiger partial charge >= 0.3 is 0 Å². The predicted molar refractivity (Wildman–Crippen MR) is 47.4 cm³/mol. The predicted octanol–water partition coefficient (Wildman–Crippen LogP) is 2.04. The zero-order valence-electron chi connectivity index (χ0n) is 6.13. The molecule has 1 fully saturated rings. The van der Waals surface area contributed by atoms with Gasteiger partial charge in [0, 0.05) is 12.4 Å². The Morgan fingerprint density at radius 2 is 2.22 bits per heavy atom. The Balaban J connectivity index is 2.23. The molecular weight excluding hydrogens is 149 g/mol.